The lowest BCUT2D eigenvalue weighted by Gasteiger charge is -2.06. The number of rotatable bonds is 7. The van der Waals surface area contributed by atoms with Crippen molar-refractivity contribution in [3.63, 3.8) is 0 Å². The van der Waals surface area contributed by atoms with Crippen LogP contribution in [0.25, 0.3) is 0 Å². The molecular formula is C14H19ClN2O3. The molecule has 2 N–H and O–H groups in total. The van der Waals surface area contributed by atoms with E-state index in [9.17, 15) is 9.59 Å². The predicted molar refractivity (Wildman–Crippen MR) is 77.7 cm³/mol. The zero-order chi connectivity index (χ0) is 14.8. The first-order valence-corrected chi connectivity index (χ1v) is 6.80. The highest BCUT2D eigenvalue weighted by Gasteiger charge is 2.11. The van der Waals surface area contributed by atoms with Crippen LogP contribution in [-0.2, 0) is 20.7 Å². The fourth-order valence-electron chi connectivity index (χ4n) is 1.59. The molecule has 0 aliphatic heterocycles. The Morgan fingerprint density at radius 3 is 2.55 bits per heavy atom. The number of carbonyl (C=O) groups is 2. The number of carbonyl (C=O) groups excluding carboxylic acids is 2. The molecule has 0 aliphatic carbocycles. The average Bonchev–Trinajstić information content (AvgIpc) is 2.43. The maximum absolute atomic E-state index is 11.5. The van der Waals surface area contributed by atoms with Crippen molar-refractivity contribution in [1.29, 1.82) is 0 Å². The fraction of sp³-hybridized carbons (Fsp3) is 0.429. The summed E-state index contributed by atoms with van der Waals surface area (Å²) in [6, 6.07) is 7.39. The van der Waals surface area contributed by atoms with Gasteiger partial charge in [0, 0.05) is 31.8 Å². The smallest absolute Gasteiger partial charge is 0.309 e. The molecule has 6 heteroatoms. The summed E-state index contributed by atoms with van der Waals surface area (Å²) in [6.07, 6.45) is 1.31. The van der Waals surface area contributed by atoms with Crippen molar-refractivity contribution in [3.8, 4) is 0 Å². The summed E-state index contributed by atoms with van der Waals surface area (Å²) in [5.74, 6) is -1.24. The Kier molecular flexibility index (Phi) is 7.69. The second-order valence-electron chi connectivity index (χ2n) is 4.24. The van der Waals surface area contributed by atoms with E-state index in [0.717, 1.165) is 5.56 Å². The van der Waals surface area contributed by atoms with Gasteiger partial charge in [0.1, 0.15) is 0 Å². The van der Waals surface area contributed by atoms with E-state index in [0.29, 0.717) is 37.6 Å². The zero-order valence-corrected chi connectivity index (χ0v) is 12.2. The maximum Gasteiger partial charge on any atom is 0.309 e. The van der Waals surface area contributed by atoms with Crippen LogP contribution in [-0.4, -0.2) is 38.6 Å². The highest BCUT2D eigenvalue weighted by molar-refractivity contribution is 6.35. The Labute approximate surface area is 123 Å². The van der Waals surface area contributed by atoms with E-state index in [4.69, 9.17) is 16.3 Å². The van der Waals surface area contributed by atoms with Crippen molar-refractivity contribution in [2.75, 3.05) is 26.8 Å². The summed E-state index contributed by atoms with van der Waals surface area (Å²) < 4.78 is 4.85. The number of halogens is 1. The van der Waals surface area contributed by atoms with Crippen molar-refractivity contribution in [2.45, 2.75) is 12.8 Å². The van der Waals surface area contributed by atoms with Gasteiger partial charge in [0.05, 0.1) is 0 Å². The zero-order valence-electron chi connectivity index (χ0n) is 11.4. The topological polar surface area (TPSA) is 67.4 Å². The molecule has 0 saturated carbocycles. The quantitative estimate of drug-likeness (QED) is 0.586. The normalized spacial score (nSPS) is 10.1. The highest BCUT2D eigenvalue weighted by atomic mass is 35.5. The molecule has 0 bridgehead atoms. The SMILES string of the molecule is COCCCNC(=O)C(=O)NCCc1cccc(Cl)c1. The molecule has 0 aromatic heterocycles. The van der Waals surface area contributed by atoms with E-state index in [1.54, 1.807) is 13.2 Å². The molecule has 1 aromatic rings. The van der Waals surface area contributed by atoms with Crippen molar-refractivity contribution in [2.24, 2.45) is 0 Å². The third kappa shape index (κ3) is 6.54. The third-order valence-electron chi connectivity index (χ3n) is 2.61. The second-order valence-corrected chi connectivity index (χ2v) is 4.67. The first kappa shape index (κ1) is 16.5. The van der Waals surface area contributed by atoms with Crippen molar-refractivity contribution < 1.29 is 14.3 Å². The van der Waals surface area contributed by atoms with Gasteiger partial charge in [0.25, 0.3) is 0 Å². The third-order valence-corrected chi connectivity index (χ3v) is 2.84. The van der Waals surface area contributed by atoms with Gasteiger partial charge in [-0.2, -0.15) is 0 Å². The van der Waals surface area contributed by atoms with Crippen LogP contribution in [0.15, 0.2) is 24.3 Å². The van der Waals surface area contributed by atoms with Crippen LogP contribution in [0, 0.1) is 0 Å². The number of amides is 2. The minimum Gasteiger partial charge on any atom is -0.385 e. The lowest BCUT2D eigenvalue weighted by Crippen LogP contribution is -2.41. The Balaban J connectivity index is 2.20. The molecule has 1 aromatic carbocycles. The van der Waals surface area contributed by atoms with Gasteiger partial charge >= 0.3 is 11.8 Å². The largest absolute Gasteiger partial charge is 0.385 e. The summed E-state index contributed by atoms with van der Waals surface area (Å²) in [7, 11) is 1.59. The number of ether oxygens (including phenoxy) is 1. The van der Waals surface area contributed by atoms with Gasteiger partial charge in [-0.3, -0.25) is 9.59 Å². The number of methoxy groups -OCH3 is 1. The maximum atomic E-state index is 11.5. The van der Waals surface area contributed by atoms with Gasteiger partial charge in [-0.15, -0.1) is 0 Å². The molecule has 0 unspecified atom stereocenters. The number of benzene rings is 1. The minimum absolute atomic E-state index is 0.394. The van der Waals surface area contributed by atoms with Crippen LogP contribution in [0.3, 0.4) is 0 Å². The summed E-state index contributed by atoms with van der Waals surface area (Å²) in [4.78, 5) is 22.9. The van der Waals surface area contributed by atoms with Gasteiger partial charge < -0.3 is 15.4 Å². The summed E-state index contributed by atoms with van der Waals surface area (Å²) in [6.45, 7) is 1.37. The standard InChI is InChI=1S/C14H19ClN2O3/c1-20-9-3-7-16-13(18)14(19)17-8-6-11-4-2-5-12(15)10-11/h2,4-5,10H,3,6-9H2,1H3,(H,16,18)(H,17,19). The van der Waals surface area contributed by atoms with Gasteiger partial charge in [-0.05, 0) is 30.5 Å². The molecule has 20 heavy (non-hydrogen) atoms. The average molecular weight is 299 g/mol. The van der Waals surface area contributed by atoms with Crippen molar-refractivity contribution in [3.05, 3.63) is 34.9 Å². The second kappa shape index (κ2) is 9.34. The van der Waals surface area contributed by atoms with E-state index in [-0.39, 0.29) is 0 Å². The Morgan fingerprint density at radius 2 is 1.90 bits per heavy atom. The van der Waals surface area contributed by atoms with Crippen LogP contribution in [0.2, 0.25) is 5.02 Å². The predicted octanol–water partition coefficient (Wildman–Crippen LogP) is 1.15. The van der Waals surface area contributed by atoms with Crippen molar-refractivity contribution >= 4 is 23.4 Å². The van der Waals surface area contributed by atoms with E-state index in [2.05, 4.69) is 10.6 Å². The van der Waals surface area contributed by atoms with E-state index < -0.39 is 11.8 Å². The number of hydrogen-bond donors (Lipinski definition) is 2. The lowest BCUT2D eigenvalue weighted by atomic mass is 10.1. The molecule has 2 amide bonds. The van der Waals surface area contributed by atoms with Gasteiger partial charge in [-0.1, -0.05) is 23.7 Å². The summed E-state index contributed by atoms with van der Waals surface area (Å²) >= 11 is 5.86. The van der Waals surface area contributed by atoms with Crippen LogP contribution in [0.4, 0.5) is 0 Å². The van der Waals surface area contributed by atoms with E-state index >= 15 is 0 Å². The molecule has 0 heterocycles. The molecule has 5 nitrogen and oxygen atoms in total. The molecule has 0 saturated heterocycles. The van der Waals surface area contributed by atoms with E-state index in [1.807, 2.05) is 18.2 Å². The van der Waals surface area contributed by atoms with Gasteiger partial charge in [0.15, 0.2) is 0 Å². The van der Waals surface area contributed by atoms with E-state index in [1.165, 1.54) is 0 Å². The lowest BCUT2D eigenvalue weighted by molar-refractivity contribution is -0.139. The molecule has 0 aliphatic rings. The minimum atomic E-state index is -0.621. The Hall–Kier alpha value is -1.59. The molecule has 110 valence electrons. The van der Waals surface area contributed by atoms with Crippen LogP contribution < -0.4 is 10.6 Å². The molecule has 0 spiro atoms. The molecule has 0 atom stereocenters. The molecular weight excluding hydrogens is 280 g/mol. The molecule has 0 fully saturated rings. The van der Waals surface area contributed by atoms with Crippen LogP contribution in [0.5, 0.6) is 0 Å². The number of hydrogen-bond acceptors (Lipinski definition) is 3. The Bertz CT molecular complexity index is 452. The molecule has 0 radical (unpaired) electrons. The van der Waals surface area contributed by atoms with Gasteiger partial charge in [0.2, 0.25) is 0 Å². The highest BCUT2D eigenvalue weighted by Crippen LogP contribution is 2.10. The van der Waals surface area contributed by atoms with Crippen molar-refractivity contribution in [1.82, 2.24) is 10.6 Å². The summed E-state index contributed by atoms with van der Waals surface area (Å²) in [5, 5.41) is 5.75. The first-order chi connectivity index (χ1) is 9.63. The summed E-state index contributed by atoms with van der Waals surface area (Å²) in [5.41, 5.74) is 1.01. The number of nitrogens with one attached hydrogen (secondary N) is 2. The first-order valence-electron chi connectivity index (χ1n) is 6.43. The van der Waals surface area contributed by atoms with Gasteiger partial charge in [-0.25, -0.2) is 0 Å². The van der Waals surface area contributed by atoms with Crippen LogP contribution in [0.1, 0.15) is 12.0 Å². The molecule has 1 rings (SSSR count). The fourth-order valence-corrected chi connectivity index (χ4v) is 1.80. The van der Waals surface area contributed by atoms with Crippen LogP contribution >= 0.6 is 11.6 Å². The Morgan fingerprint density at radius 1 is 1.20 bits per heavy atom. The monoisotopic (exact) mass is 298 g/mol.